The predicted molar refractivity (Wildman–Crippen MR) is 121 cm³/mol. The summed E-state index contributed by atoms with van der Waals surface area (Å²) >= 11 is 6.27. The average molecular weight is 495 g/mol. The first-order chi connectivity index (χ1) is 12.2. The molecule has 1 aromatic carbocycles. The fourth-order valence-corrected chi connectivity index (χ4v) is 3.30. The van der Waals surface area contributed by atoms with Gasteiger partial charge in [-0.2, -0.15) is 0 Å². The van der Waals surface area contributed by atoms with Crippen LogP contribution < -0.4 is 10.6 Å². The van der Waals surface area contributed by atoms with E-state index in [1.165, 1.54) is 18.4 Å². The number of hydrogen-bond donors (Lipinski definition) is 2. The van der Waals surface area contributed by atoms with Gasteiger partial charge in [0.1, 0.15) is 0 Å². The van der Waals surface area contributed by atoms with E-state index in [4.69, 9.17) is 16.3 Å². The lowest BCUT2D eigenvalue weighted by Gasteiger charge is -2.32. The molecular weight excluding hydrogens is 463 g/mol. The minimum absolute atomic E-state index is 0. The number of nitrogens with one attached hydrogen (secondary N) is 2. The molecule has 1 saturated heterocycles. The van der Waals surface area contributed by atoms with E-state index < -0.39 is 0 Å². The lowest BCUT2D eigenvalue weighted by atomic mass is 9.96. The van der Waals surface area contributed by atoms with E-state index >= 15 is 0 Å². The summed E-state index contributed by atoms with van der Waals surface area (Å²) in [6.07, 6.45) is 3.40. The van der Waals surface area contributed by atoms with Crippen molar-refractivity contribution < 1.29 is 4.74 Å². The number of likely N-dealkylation sites (tertiary alicyclic amines) is 1. The first-order valence-corrected chi connectivity index (χ1v) is 9.50. The molecule has 1 aliphatic heterocycles. The molecule has 1 heterocycles. The lowest BCUT2D eigenvalue weighted by molar-refractivity contribution is 0.178. The standard InChI is InChI=1S/C19H31ClN4O.HI/c1-21-19(22-10-5-13-25-2)23-14-16-8-11-24(12-9-16)15-17-6-3-4-7-18(17)20;/h3-4,6-7,16H,5,8-15H2,1-2H3,(H2,21,22,23);1H. The van der Waals surface area contributed by atoms with E-state index in [0.717, 1.165) is 56.7 Å². The van der Waals surface area contributed by atoms with E-state index in [0.29, 0.717) is 5.92 Å². The number of benzene rings is 1. The van der Waals surface area contributed by atoms with Gasteiger partial charge >= 0.3 is 0 Å². The van der Waals surface area contributed by atoms with Crippen molar-refractivity contribution in [3.8, 4) is 0 Å². The Hall–Kier alpha value is -0.570. The van der Waals surface area contributed by atoms with Crippen LogP contribution in [-0.4, -0.2) is 57.8 Å². The highest BCUT2D eigenvalue weighted by atomic mass is 127. The van der Waals surface area contributed by atoms with Gasteiger partial charge in [-0.1, -0.05) is 29.8 Å². The Morgan fingerprint density at radius 3 is 2.65 bits per heavy atom. The van der Waals surface area contributed by atoms with Crippen LogP contribution in [0.1, 0.15) is 24.8 Å². The molecule has 0 aliphatic carbocycles. The van der Waals surface area contributed by atoms with Crippen LogP contribution in [0.5, 0.6) is 0 Å². The first-order valence-electron chi connectivity index (χ1n) is 9.12. The normalized spacial score (nSPS) is 16.2. The Morgan fingerprint density at radius 1 is 1.27 bits per heavy atom. The van der Waals surface area contributed by atoms with E-state index in [-0.39, 0.29) is 24.0 Å². The van der Waals surface area contributed by atoms with Gasteiger partial charge in [-0.05, 0) is 49.9 Å². The van der Waals surface area contributed by atoms with E-state index in [1.54, 1.807) is 7.11 Å². The number of rotatable bonds is 8. The number of guanidine groups is 1. The average Bonchev–Trinajstić information content (AvgIpc) is 2.64. The highest BCUT2D eigenvalue weighted by Gasteiger charge is 2.20. The second kappa shape index (κ2) is 13.6. The highest BCUT2D eigenvalue weighted by molar-refractivity contribution is 14.0. The molecule has 1 aromatic rings. The minimum atomic E-state index is 0. The number of aliphatic imine (C=N–C) groups is 1. The van der Waals surface area contributed by atoms with Crippen molar-refractivity contribution in [2.24, 2.45) is 10.9 Å². The number of hydrogen-bond acceptors (Lipinski definition) is 3. The van der Waals surface area contributed by atoms with Crippen LogP contribution in [0.25, 0.3) is 0 Å². The quantitative estimate of drug-likeness (QED) is 0.252. The molecule has 0 saturated carbocycles. The first kappa shape index (κ1) is 23.5. The Morgan fingerprint density at radius 2 is 2.00 bits per heavy atom. The van der Waals surface area contributed by atoms with Gasteiger partial charge in [0.2, 0.25) is 0 Å². The van der Waals surface area contributed by atoms with Crippen molar-refractivity contribution in [2.75, 3.05) is 46.9 Å². The van der Waals surface area contributed by atoms with Crippen molar-refractivity contribution >= 4 is 41.5 Å². The van der Waals surface area contributed by atoms with Crippen LogP contribution in [0.3, 0.4) is 0 Å². The molecule has 5 nitrogen and oxygen atoms in total. The van der Waals surface area contributed by atoms with Gasteiger partial charge in [0, 0.05) is 45.4 Å². The third-order valence-corrected chi connectivity index (χ3v) is 5.03. The molecule has 2 rings (SSSR count). The lowest BCUT2D eigenvalue weighted by Crippen LogP contribution is -2.43. The zero-order valence-corrected chi connectivity index (χ0v) is 18.9. The summed E-state index contributed by atoms with van der Waals surface area (Å²) in [6, 6.07) is 8.14. The van der Waals surface area contributed by atoms with Gasteiger partial charge < -0.3 is 15.4 Å². The number of ether oxygens (including phenoxy) is 1. The van der Waals surface area contributed by atoms with E-state index in [1.807, 2.05) is 19.2 Å². The number of halogens is 2. The zero-order chi connectivity index (χ0) is 17.9. The van der Waals surface area contributed by atoms with Crippen LogP contribution in [0, 0.1) is 5.92 Å². The fraction of sp³-hybridized carbons (Fsp3) is 0.632. The molecule has 0 spiro atoms. The Labute approximate surface area is 179 Å². The molecule has 26 heavy (non-hydrogen) atoms. The molecule has 0 atom stereocenters. The second-order valence-electron chi connectivity index (χ2n) is 6.54. The fourth-order valence-electron chi connectivity index (χ4n) is 3.10. The van der Waals surface area contributed by atoms with Gasteiger partial charge in [-0.15, -0.1) is 24.0 Å². The van der Waals surface area contributed by atoms with Gasteiger partial charge in [0.15, 0.2) is 5.96 Å². The van der Waals surface area contributed by atoms with Crippen LogP contribution >= 0.6 is 35.6 Å². The summed E-state index contributed by atoms with van der Waals surface area (Å²) in [7, 11) is 3.54. The van der Waals surface area contributed by atoms with Gasteiger partial charge in [-0.3, -0.25) is 9.89 Å². The maximum atomic E-state index is 6.27. The number of nitrogens with zero attached hydrogens (tertiary/aromatic N) is 2. The highest BCUT2D eigenvalue weighted by Crippen LogP contribution is 2.21. The second-order valence-corrected chi connectivity index (χ2v) is 6.94. The summed E-state index contributed by atoms with van der Waals surface area (Å²) in [5.41, 5.74) is 1.22. The summed E-state index contributed by atoms with van der Waals surface area (Å²) in [5.74, 6) is 1.58. The third kappa shape index (κ3) is 8.41. The molecule has 1 fully saturated rings. The Balaban J connectivity index is 0.00000338. The van der Waals surface area contributed by atoms with Crippen molar-refractivity contribution in [3.05, 3.63) is 34.9 Å². The molecule has 1 aliphatic rings. The monoisotopic (exact) mass is 494 g/mol. The van der Waals surface area contributed by atoms with Crippen LogP contribution in [0.4, 0.5) is 0 Å². The molecular formula is C19H32ClIN4O. The largest absolute Gasteiger partial charge is 0.385 e. The van der Waals surface area contributed by atoms with E-state index in [2.05, 4.69) is 32.7 Å². The van der Waals surface area contributed by atoms with Crippen LogP contribution in [0.15, 0.2) is 29.3 Å². The van der Waals surface area contributed by atoms with Gasteiger partial charge in [-0.25, -0.2) is 0 Å². The number of methoxy groups -OCH3 is 1. The van der Waals surface area contributed by atoms with Gasteiger partial charge in [0.05, 0.1) is 0 Å². The van der Waals surface area contributed by atoms with Crippen LogP contribution in [0.2, 0.25) is 5.02 Å². The topological polar surface area (TPSA) is 48.9 Å². The Bertz CT molecular complexity index is 536. The molecule has 0 aromatic heterocycles. The third-order valence-electron chi connectivity index (χ3n) is 4.66. The molecule has 0 bridgehead atoms. The molecule has 0 amide bonds. The van der Waals surface area contributed by atoms with Crippen LogP contribution in [-0.2, 0) is 11.3 Å². The maximum absolute atomic E-state index is 6.27. The molecule has 0 radical (unpaired) electrons. The molecule has 0 unspecified atom stereocenters. The van der Waals surface area contributed by atoms with Gasteiger partial charge in [0.25, 0.3) is 0 Å². The number of piperidine rings is 1. The summed E-state index contributed by atoms with van der Waals surface area (Å²) in [4.78, 5) is 6.77. The summed E-state index contributed by atoms with van der Waals surface area (Å²) in [6.45, 7) is 5.82. The van der Waals surface area contributed by atoms with Crippen molar-refractivity contribution in [3.63, 3.8) is 0 Å². The summed E-state index contributed by atoms with van der Waals surface area (Å²) < 4.78 is 5.06. The molecule has 7 heteroatoms. The smallest absolute Gasteiger partial charge is 0.190 e. The van der Waals surface area contributed by atoms with Crippen molar-refractivity contribution in [2.45, 2.75) is 25.8 Å². The SMILES string of the molecule is CN=C(NCCCOC)NCC1CCN(Cc2ccccc2Cl)CC1.I. The van der Waals surface area contributed by atoms with E-state index in [9.17, 15) is 0 Å². The minimum Gasteiger partial charge on any atom is -0.385 e. The molecule has 2 N–H and O–H groups in total. The van der Waals surface area contributed by atoms with Crippen molar-refractivity contribution in [1.82, 2.24) is 15.5 Å². The van der Waals surface area contributed by atoms with Crippen molar-refractivity contribution in [1.29, 1.82) is 0 Å². The predicted octanol–water partition coefficient (Wildman–Crippen LogP) is 3.37. The Kier molecular flexibility index (Phi) is 12.3. The summed E-state index contributed by atoms with van der Waals surface area (Å²) in [5, 5.41) is 7.64. The zero-order valence-electron chi connectivity index (χ0n) is 15.8. The molecule has 148 valence electrons. The maximum Gasteiger partial charge on any atom is 0.190 e.